The van der Waals surface area contributed by atoms with Crippen molar-refractivity contribution in [2.24, 2.45) is 11.8 Å². The first-order chi connectivity index (χ1) is 9.63. The van der Waals surface area contributed by atoms with Gasteiger partial charge in [0.15, 0.2) is 0 Å². The molecular formula is C16H30N2O2. The maximum Gasteiger partial charge on any atom is 0.315 e. The van der Waals surface area contributed by atoms with Crippen molar-refractivity contribution in [3.63, 3.8) is 0 Å². The molecule has 4 nitrogen and oxygen atoms in total. The molecule has 2 aliphatic rings. The standard InChI is InChI=1S/C16H30N2O2/c1-12(6-7-13-4-2-3-5-13)18-16(20)17-11-14-8-9-15(19)10-14/h12-15,19H,2-11H2,1H3,(H2,17,18,20). The number of urea groups is 1. The minimum atomic E-state index is -0.157. The van der Waals surface area contributed by atoms with Gasteiger partial charge in [-0.2, -0.15) is 0 Å². The summed E-state index contributed by atoms with van der Waals surface area (Å²) in [6, 6.07) is 0.204. The average molecular weight is 282 g/mol. The molecule has 20 heavy (non-hydrogen) atoms. The second-order valence-electron chi connectivity index (χ2n) is 6.82. The molecule has 0 radical (unpaired) electrons. The summed E-state index contributed by atoms with van der Waals surface area (Å²) in [5.74, 6) is 1.34. The quantitative estimate of drug-likeness (QED) is 0.701. The summed E-state index contributed by atoms with van der Waals surface area (Å²) in [6.07, 6.45) is 10.4. The highest BCUT2D eigenvalue weighted by Crippen LogP contribution is 2.28. The lowest BCUT2D eigenvalue weighted by Crippen LogP contribution is -2.42. The molecule has 3 unspecified atom stereocenters. The van der Waals surface area contributed by atoms with E-state index in [0.29, 0.717) is 12.5 Å². The Balaban J connectivity index is 1.53. The minimum Gasteiger partial charge on any atom is -0.393 e. The number of aliphatic hydroxyl groups is 1. The molecule has 2 saturated carbocycles. The SMILES string of the molecule is CC(CCC1CCCC1)NC(=O)NCC1CCC(O)C1. The molecule has 2 aliphatic carbocycles. The van der Waals surface area contributed by atoms with Crippen LogP contribution >= 0.6 is 0 Å². The summed E-state index contributed by atoms with van der Waals surface area (Å²) < 4.78 is 0. The summed E-state index contributed by atoms with van der Waals surface area (Å²) >= 11 is 0. The number of rotatable bonds is 6. The zero-order valence-electron chi connectivity index (χ0n) is 12.7. The van der Waals surface area contributed by atoms with Gasteiger partial charge in [0, 0.05) is 12.6 Å². The summed E-state index contributed by atoms with van der Waals surface area (Å²) in [4.78, 5) is 11.8. The van der Waals surface area contributed by atoms with Crippen molar-refractivity contribution < 1.29 is 9.90 Å². The van der Waals surface area contributed by atoms with Crippen LogP contribution in [0.4, 0.5) is 4.79 Å². The van der Waals surface area contributed by atoms with E-state index < -0.39 is 0 Å². The first-order valence-electron chi connectivity index (χ1n) is 8.36. The van der Waals surface area contributed by atoms with E-state index in [1.165, 1.54) is 32.1 Å². The van der Waals surface area contributed by atoms with E-state index in [2.05, 4.69) is 17.6 Å². The van der Waals surface area contributed by atoms with Gasteiger partial charge in [-0.05, 0) is 50.9 Å². The molecule has 0 saturated heterocycles. The van der Waals surface area contributed by atoms with Crippen LogP contribution in [0.15, 0.2) is 0 Å². The molecule has 0 aromatic heterocycles. The lowest BCUT2D eigenvalue weighted by atomic mass is 9.99. The molecule has 4 heteroatoms. The fourth-order valence-corrected chi connectivity index (χ4v) is 3.60. The Bertz CT molecular complexity index is 303. The van der Waals surface area contributed by atoms with E-state index in [-0.39, 0.29) is 18.2 Å². The van der Waals surface area contributed by atoms with E-state index >= 15 is 0 Å². The molecule has 2 rings (SSSR count). The highest BCUT2D eigenvalue weighted by Gasteiger charge is 2.23. The van der Waals surface area contributed by atoms with Crippen LogP contribution in [0.2, 0.25) is 0 Å². The number of nitrogens with one attached hydrogen (secondary N) is 2. The lowest BCUT2D eigenvalue weighted by molar-refractivity contribution is 0.177. The van der Waals surface area contributed by atoms with Crippen molar-refractivity contribution in [1.82, 2.24) is 10.6 Å². The molecule has 0 bridgehead atoms. The molecule has 3 N–H and O–H groups in total. The molecule has 3 atom stereocenters. The summed E-state index contributed by atoms with van der Waals surface area (Å²) in [6.45, 7) is 2.78. The number of carbonyl (C=O) groups is 1. The smallest absolute Gasteiger partial charge is 0.315 e. The first kappa shape index (κ1) is 15.6. The number of hydrogen-bond donors (Lipinski definition) is 3. The van der Waals surface area contributed by atoms with Crippen molar-refractivity contribution in [1.29, 1.82) is 0 Å². The van der Waals surface area contributed by atoms with E-state index in [9.17, 15) is 9.90 Å². The zero-order valence-corrected chi connectivity index (χ0v) is 12.7. The second-order valence-corrected chi connectivity index (χ2v) is 6.82. The molecule has 116 valence electrons. The van der Waals surface area contributed by atoms with Crippen LogP contribution in [0.5, 0.6) is 0 Å². The molecule has 0 spiro atoms. The maximum absolute atomic E-state index is 11.8. The van der Waals surface area contributed by atoms with Gasteiger partial charge >= 0.3 is 6.03 Å². The minimum absolute atomic E-state index is 0.0506. The van der Waals surface area contributed by atoms with Crippen molar-refractivity contribution in [2.45, 2.75) is 76.9 Å². The van der Waals surface area contributed by atoms with Crippen molar-refractivity contribution in [3.8, 4) is 0 Å². The third-order valence-electron chi connectivity index (χ3n) is 4.93. The zero-order chi connectivity index (χ0) is 14.4. The van der Waals surface area contributed by atoms with Gasteiger partial charge < -0.3 is 15.7 Å². The van der Waals surface area contributed by atoms with Crippen LogP contribution in [-0.4, -0.2) is 29.8 Å². The van der Waals surface area contributed by atoms with Gasteiger partial charge in [-0.3, -0.25) is 0 Å². The predicted molar refractivity (Wildman–Crippen MR) is 80.5 cm³/mol. The second kappa shape index (κ2) is 7.87. The molecule has 0 aromatic carbocycles. The van der Waals surface area contributed by atoms with E-state index in [0.717, 1.165) is 31.6 Å². The Morgan fingerprint density at radius 2 is 1.95 bits per heavy atom. The lowest BCUT2D eigenvalue weighted by Gasteiger charge is -2.18. The Labute approximate surface area is 122 Å². The van der Waals surface area contributed by atoms with Gasteiger partial charge in [0.1, 0.15) is 0 Å². The third kappa shape index (κ3) is 5.31. The molecule has 0 aromatic rings. The van der Waals surface area contributed by atoms with Gasteiger partial charge in [0.2, 0.25) is 0 Å². The average Bonchev–Trinajstić information content (AvgIpc) is 3.05. The van der Waals surface area contributed by atoms with Gasteiger partial charge in [-0.25, -0.2) is 4.79 Å². The van der Waals surface area contributed by atoms with Crippen LogP contribution in [0.1, 0.15) is 64.7 Å². The van der Waals surface area contributed by atoms with E-state index in [1.54, 1.807) is 0 Å². The summed E-state index contributed by atoms with van der Waals surface area (Å²) in [5, 5.41) is 15.4. The molecular weight excluding hydrogens is 252 g/mol. The van der Waals surface area contributed by atoms with Crippen LogP contribution in [0.3, 0.4) is 0 Å². The topological polar surface area (TPSA) is 61.4 Å². The van der Waals surface area contributed by atoms with Crippen LogP contribution in [0, 0.1) is 11.8 Å². The largest absolute Gasteiger partial charge is 0.393 e. The van der Waals surface area contributed by atoms with Crippen LogP contribution in [0.25, 0.3) is 0 Å². The monoisotopic (exact) mass is 282 g/mol. The molecule has 2 amide bonds. The summed E-state index contributed by atoms with van der Waals surface area (Å²) in [5.41, 5.74) is 0. The van der Waals surface area contributed by atoms with Gasteiger partial charge in [0.25, 0.3) is 0 Å². The van der Waals surface area contributed by atoms with Crippen LogP contribution in [-0.2, 0) is 0 Å². The fourth-order valence-electron chi connectivity index (χ4n) is 3.60. The Morgan fingerprint density at radius 1 is 1.20 bits per heavy atom. The van der Waals surface area contributed by atoms with Crippen molar-refractivity contribution in [2.75, 3.05) is 6.54 Å². The Hall–Kier alpha value is -0.770. The van der Waals surface area contributed by atoms with Crippen molar-refractivity contribution >= 4 is 6.03 Å². The van der Waals surface area contributed by atoms with E-state index in [4.69, 9.17) is 0 Å². The van der Waals surface area contributed by atoms with E-state index in [1.807, 2.05) is 0 Å². The van der Waals surface area contributed by atoms with Crippen molar-refractivity contribution in [3.05, 3.63) is 0 Å². The van der Waals surface area contributed by atoms with Gasteiger partial charge in [-0.15, -0.1) is 0 Å². The number of hydrogen-bond acceptors (Lipinski definition) is 2. The van der Waals surface area contributed by atoms with Crippen LogP contribution < -0.4 is 10.6 Å². The predicted octanol–water partition coefficient (Wildman–Crippen LogP) is 2.81. The first-order valence-corrected chi connectivity index (χ1v) is 8.36. The normalized spacial score (nSPS) is 28.5. The van der Waals surface area contributed by atoms with Gasteiger partial charge in [-0.1, -0.05) is 25.7 Å². The highest BCUT2D eigenvalue weighted by atomic mass is 16.3. The molecule has 2 fully saturated rings. The molecule has 0 heterocycles. The number of carbonyl (C=O) groups excluding carboxylic acids is 1. The number of amides is 2. The summed E-state index contributed by atoms with van der Waals surface area (Å²) in [7, 11) is 0. The third-order valence-corrected chi connectivity index (χ3v) is 4.93. The Morgan fingerprint density at radius 3 is 2.60 bits per heavy atom. The fraction of sp³-hybridized carbons (Fsp3) is 0.938. The number of aliphatic hydroxyl groups excluding tert-OH is 1. The van der Waals surface area contributed by atoms with Gasteiger partial charge in [0.05, 0.1) is 6.10 Å². The Kier molecular flexibility index (Phi) is 6.14. The highest BCUT2D eigenvalue weighted by molar-refractivity contribution is 5.74. The maximum atomic E-state index is 11.8. The molecule has 0 aliphatic heterocycles.